The van der Waals surface area contributed by atoms with Crippen molar-refractivity contribution < 1.29 is 19.5 Å². The minimum atomic E-state index is -0.328. The van der Waals surface area contributed by atoms with Crippen LogP contribution in [0.25, 0.3) is 0 Å². The third-order valence-electron chi connectivity index (χ3n) is 2.75. The van der Waals surface area contributed by atoms with Crippen LogP contribution in [0.2, 0.25) is 0 Å². The molecule has 5 nitrogen and oxygen atoms in total. The van der Waals surface area contributed by atoms with E-state index < -0.39 is 0 Å². The molecule has 0 heterocycles. The first-order chi connectivity index (χ1) is 9.27. The number of para-hydroxylation sites is 2. The first kappa shape index (κ1) is 15.3. The Labute approximate surface area is 113 Å². The van der Waals surface area contributed by atoms with E-state index >= 15 is 0 Å². The third-order valence-corrected chi connectivity index (χ3v) is 2.75. The van der Waals surface area contributed by atoms with Gasteiger partial charge in [0, 0.05) is 6.42 Å². The number of hydroxylamine groups is 1. The number of methoxy groups -OCH3 is 1. The molecule has 0 aliphatic carbocycles. The number of nitrogens with one attached hydrogen (secondary N) is 1. The maximum atomic E-state index is 10.8. The fraction of sp³-hybridized carbons (Fsp3) is 0.500. The maximum Gasteiger partial charge on any atom is 0.243 e. The molecule has 1 rings (SSSR count). The molecule has 0 aliphatic heterocycles. The van der Waals surface area contributed by atoms with Crippen LogP contribution < -0.4 is 15.0 Å². The van der Waals surface area contributed by atoms with Crippen LogP contribution in [0.3, 0.4) is 0 Å². The van der Waals surface area contributed by atoms with Gasteiger partial charge in [0.2, 0.25) is 5.91 Å². The van der Waals surface area contributed by atoms with Gasteiger partial charge in [0.05, 0.1) is 13.7 Å². The van der Waals surface area contributed by atoms with Crippen molar-refractivity contribution in [3.8, 4) is 11.5 Å². The molecule has 1 aromatic rings. The molecule has 2 N–H and O–H groups in total. The van der Waals surface area contributed by atoms with Crippen LogP contribution >= 0.6 is 0 Å². The topological polar surface area (TPSA) is 67.8 Å². The van der Waals surface area contributed by atoms with E-state index in [1.807, 2.05) is 24.3 Å². The summed E-state index contributed by atoms with van der Waals surface area (Å²) in [4.78, 5) is 10.8. The van der Waals surface area contributed by atoms with Crippen molar-refractivity contribution in [2.75, 3.05) is 13.7 Å². The number of carbonyl (C=O) groups excluding carboxylic acids is 1. The number of hydrogen-bond donors (Lipinski definition) is 2. The highest BCUT2D eigenvalue weighted by Gasteiger charge is 2.02. The summed E-state index contributed by atoms with van der Waals surface area (Å²) >= 11 is 0. The summed E-state index contributed by atoms with van der Waals surface area (Å²) < 4.78 is 10.8. The summed E-state index contributed by atoms with van der Waals surface area (Å²) in [7, 11) is 1.62. The van der Waals surface area contributed by atoms with Crippen LogP contribution in [0.5, 0.6) is 11.5 Å². The summed E-state index contributed by atoms with van der Waals surface area (Å²) in [6.07, 6.45) is 4.01. The van der Waals surface area contributed by atoms with E-state index in [2.05, 4.69) is 0 Å². The van der Waals surface area contributed by atoms with Gasteiger partial charge in [-0.15, -0.1) is 0 Å². The summed E-state index contributed by atoms with van der Waals surface area (Å²) in [5, 5.41) is 8.32. The Bertz CT molecular complexity index is 381. The lowest BCUT2D eigenvalue weighted by Crippen LogP contribution is -2.17. The Morgan fingerprint density at radius 3 is 2.53 bits per heavy atom. The number of carbonyl (C=O) groups is 1. The van der Waals surface area contributed by atoms with Gasteiger partial charge in [-0.1, -0.05) is 25.0 Å². The summed E-state index contributed by atoms with van der Waals surface area (Å²) in [5.41, 5.74) is 1.62. The lowest BCUT2D eigenvalue weighted by molar-refractivity contribution is -0.129. The second-order valence-corrected chi connectivity index (χ2v) is 4.20. The Balaban J connectivity index is 2.09. The number of benzene rings is 1. The second-order valence-electron chi connectivity index (χ2n) is 4.20. The highest BCUT2D eigenvalue weighted by atomic mass is 16.5. The number of hydrogen-bond acceptors (Lipinski definition) is 4. The zero-order valence-corrected chi connectivity index (χ0v) is 11.2. The second kappa shape index (κ2) is 9.22. The highest BCUT2D eigenvalue weighted by Crippen LogP contribution is 2.25. The first-order valence-electron chi connectivity index (χ1n) is 6.46. The van der Waals surface area contributed by atoms with Crippen LogP contribution in [0.1, 0.15) is 32.1 Å². The summed E-state index contributed by atoms with van der Waals surface area (Å²) in [5.74, 6) is 1.16. The average Bonchev–Trinajstić information content (AvgIpc) is 2.46. The van der Waals surface area contributed by atoms with Gasteiger partial charge < -0.3 is 9.47 Å². The van der Waals surface area contributed by atoms with Gasteiger partial charge in [-0.2, -0.15) is 0 Å². The average molecular weight is 267 g/mol. The minimum absolute atomic E-state index is 0.328. The molecule has 1 aromatic carbocycles. The molecule has 0 aliphatic rings. The number of rotatable bonds is 9. The lowest BCUT2D eigenvalue weighted by atomic mass is 10.1. The minimum Gasteiger partial charge on any atom is -0.493 e. The van der Waals surface area contributed by atoms with E-state index in [4.69, 9.17) is 14.7 Å². The quantitative estimate of drug-likeness (QED) is 0.410. The van der Waals surface area contributed by atoms with Gasteiger partial charge >= 0.3 is 0 Å². The number of ether oxygens (including phenoxy) is 2. The maximum absolute atomic E-state index is 10.8. The summed E-state index contributed by atoms with van der Waals surface area (Å²) in [6, 6.07) is 7.55. The SMILES string of the molecule is COc1ccccc1OCCCCCCC(=O)NO. The van der Waals surface area contributed by atoms with E-state index in [9.17, 15) is 4.79 Å². The van der Waals surface area contributed by atoms with Gasteiger partial charge in [0.1, 0.15) is 0 Å². The molecule has 0 saturated carbocycles. The van der Waals surface area contributed by atoms with Crippen LogP contribution in [0, 0.1) is 0 Å². The van der Waals surface area contributed by atoms with Gasteiger partial charge in [0.25, 0.3) is 0 Å². The van der Waals surface area contributed by atoms with E-state index in [1.165, 1.54) is 0 Å². The Morgan fingerprint density at radius 2 is 1.84 bits per heavy atom. The van der Waals surface area contributed by atoms with Crippen molar-refractivity contribution in [1.29, 1.82) is 0 Å². The molecule has 0 spiro atoms. The molecule has 0 radical (unpaired) electrons. The highest BCUT2D eigenvalue weighted by molar-refractivity contribution is 5.74. The van der Waals surface area contributed by atoms with Crippen LogP contribution in [-0.4, -0.2) is 24.8 Å². The van der Waals surface area contributed by atoms with E-state index in [0.717, 1.165) is 37.2 Å². The molecular weight excluding hydrogens is 246 g/mol. The van der Waals surface area contributed by atoms with E-state index in [-0.39, 0.29) is 5.91 Å². The third kappa shape index (κ3) is 6.10. The van der Waals surface area contributed by atoms with Crippen molar-refractivity contribution in [2.45, 2.75) is 32.1 Å². The van der Waals surface area contributed by atoms with Gasteiger partial charge in [-0.05, 0) is 25.0 Å². The molecular formula is C14H21NO4. The first-order valence-corrected chi connectivity index (χ1v) is 6.46. The zero-order valence-electron chi connectivity index (χ0n) is 11.2. The molecule has 0 aromatic heterocycles. The molecule has 19 heavy (non-hydrogen) atoms. The standard InChI is InChI=1S/C14H21NO4/c1-18-12-8-5-6-9-13(12)19-11-7-3-2-4-10-14(16)15-17/h5-6,8-9,17H,2-4,7,10-11H2,1H3,(H,15,16). The smallest absolute Gasteiger partial charge is 0.243 e. The lowest BCUT2D eigenvalue weighted by Gasteiger charge is -2.09. The van der Waals surface area contributed by atoms with Crippen molar-refractivity contribution >= 4 is 5.91 Å². The van der Waals surface area contributed by atoms with Crippen molar-refractivity contribution in [2.24, 2.45) is 0 Å². The Hall–Kier alpha value is -1.75. The molecule has 0 bridgehead atoms. The van der Waals surface area contributed by atoms with Crippen molar-refractivity contribution in [3.05, 3.63) is 24.3 Å². The van der Waals surface area contributed by atoms with E-state index in [1.54, 1.807) is 12.6 Å². The van der Waals surface area contributed by atoms with Crippen LogP contribution in [0.4, 0.5) is 0 Å². The molecule has 106 valence electrons. The Morgan fingerprint density at radius 1 is 1.16 bits per heavy atom. The fourth-order valence-corrected chi connectivity index (χ4v) is 1.72. The van der Waals surface area contributed by atoms with Gasteiger partial charge in [-0.3, -0.25) is 10.0 Å². The molecule has 0 atom stereocenters. The molecule has 0 fully saturated rings. The fourth-order valence-electron chi connectivity index (χ4n) is 1.72. The predicted molar refractivity (Wildman–Crippen MR) is 71.5 cm³/mol. The molecule has 1 amide bonds. The van der Waals surface area contributed by atoms with Crippen molar-refractivity contribution in [1.82, 2.24) is 5.48 Å². The van der Waals surface area contributed by atoms with E-state index in [0.29, 0.717) is 13.0 Å². The largest absolute Gasteiger partial charge is 0.493 e. The Kier molecular flexibility index (Phi) is 7.43. The number of unbranched alkanes of at least 4 members (excludes halogenated alkanes) is 3. The van der Waals surface area contributed by atoms with Gasteiger partial charge in [-0.25, -0.2) is 5.48 Å². The molecule has 0 saturated heterocycles. The van der Waals surface area contributed by atoms with Crippen molar-refractivity contribution in [3.63, 3.8) is 0 Å². The van der Waals surface area contributed by atoms with Crippen LogP contribution in [0.15, 0.2) is 24.3 Å². The molecule has 5 heteroatoms. The normalized spacial score (nSPS) is 10.0. The zero-order chi connectivity index (χ0) is 13.9. The molecule has 0 unspecified atom stereocenters. The predicted octanol–water partition coefficient (Wildman–Crippen LogP) is 2.53. The van der Waals surface area contributed by atoms with Gasteiger partial charge in [0.15, 0.2) is 11.5 Å². The number of amides is 1. The summed E-state index contributed by atoms with van der Waals surface area (Å²) in [6.45, 7) is 0.632. The monoisotopic (exact) mass is 267 g/mol. The van der Waals surface area contributed by atoms with Crippen LogP contribution in [-0.2, 0) is 4.79 Å².